The van der Waals surface area contributed by atoms with E-state index in [2.05, 4.69) is 20.4 Å². The van der Waals surface area contributed by atoms with Crippen LogP contribution >= 0.6 is 11.3 Å². The Labute approximate surface area is 131 Å². The van der Waals surface area contributed by atoms with Crippen LogP contribution in [-0.2, 0) is 4.74 Å². The summed E-state index contributed by atoms with van der Waals surface area (Å²) >= 11 is 1.35. The molecular formula is C14H15N3O4S. The lowest BCUT2D eigenvalue weighted by atomic mass is 10.3. The summed E-state index contributed by atoms with van der Waals surface area (Å²) < 4.78 is 9.58. The van der Waals surface area contributed by atoms with E-state index >= 15 is 0 Å². The molecule has 2 aromatic rings. The van der Waals surface area contributed by atoms with Crippen molar-refractivity contribution in [1.29, 1.82) is 0 Å². The number of hydrogen-bond donors (Lipinski definition) is 2. The third-order valence-electron chi connectivity index (χ3n) is 2.42. The molecule has 0 bridgehead atoms. The van der Waals surface area contributed by atoms with Gasteiger partial charge in [0.15, 0.2) is 5.13 Å². The summed E-state index contributed by atoms with van der Waals surface area (Å²) in [5.74, 6) is 0.333. The zero-order valence-corrected chi connectivity index (χ0v) is 12.9. The van der Waals surface area contributed by atoms with Gasteiger partial charge in [0.05, 0.1) is 12.3 Å². The zero-order chi connectivity index (χ0) is 15.9. The van der Waals surface area contributed by atoms with Crippen LogP contribution in [0.2, 0.25) is 0 Å². The van der Waals surface area contributed by atoms with Gasteiger partial charge in [-0.3, -0.25) is 5.32 Å². The Hall–Kier alpha value is -2.61. The van der Waals surface area contributed by atoms with Crippen LogP contribution < -0.4 is 15.4 Å². The summed E-state index contributed by atoms with van der Waals surface area (Å²) in [5.41, 5.74) is 1.41. The van der Waals surface area contributed by atoms with Gasteiger partial charge in [-0.05, 0) is 38.1 Å². The number of aryl methyl sites for hydroxylation is 1. The molecule has 116 valence electrons. The highest BCUT2D eigenvalue weighted by molar-refractivity contribution is 7.13. The molecule has 0 aliphatic carbocycles. The SMILES string of the molecule is CCOC(=O)Oc1ccc(NC(=O)Nc2nc(C)cs2)cc1. The van der Waals surface area contributed by atoms with E-state index in [9.17, 15) is 9.59 Å². The highest BCUT2D eigenvalue weighted by Gasteiger charge is 2.07. The van der Waals surface area contributed by atoms with Crippen molar-refractivity contribution in [3.8, 4) is 5.75 Å². The van der Waals surface area contributed by atoms with Gasteiger partial charge >= 0.3 is 12.2 Å². The number of ether oxygens (including phenoxy) is 2. The highest BCUT2D eigenvalue weighted by atomic mass is 32.1. The van der Waals surface area contributed by atoms with Gasteiger partial charge in [0.25, 0.3) is 0 Å². The van der Waals surface area contributed by atoms with Gasteiger partial charge in [0, 0.05) is 11.1 Å². The minimum absolute atomic E-state index is 0.245. The molecule has 2 rings (SSSR count). The van der Waals surface area contributed by atoms with E-state index in [4.69, 9.17) is 4.74 Å². The average Bonchev–Trinajstić information content (AvgIpc) is 2.86. The minimum atomic E-state index is -0.764. The van der Waals surface area contributed by atoms with E-state index in [0.29, 0.717) is 16.6 Å². The maximum Gasteiger partial charge on any atom is 0.513 e. The normalized spacial score (nSPS) is 9.91. The Kier molecular flexibility index (Phi) is 5.31. The first-order valence-corrected chi connectivity index (χ1v) is 7.39. The molecule has 1 heterocycles. The molecule has 0 aliphatic heterocycles. The van der Waals surface area contributed by atoms with Crippen molar-refractivity contribution in [2.24, 2.45) is 0 Å². The second kappa shape index (κ2) is 7.41. The molecule has 0 saturated heterocycles. The lowest BCUT2D eigenvalue weighted by Crippen LogP contribution is -2.19. The number of nitrogens with one attached hydrogen (secondary N) is 2. The molecule has 0 unspecified atom stereocenters. The second-order valence-corrected chi connectivity index (χ2v) is 5.04. The number of carbonyl (C=O) groups is 2. The van der Waals surface area contributed by atoms with E-state index in [0.717, 1.165) is 5.69 Å². The third-order valence-corrected chi connectivity index (χ3v) is 3.29. The van der Waals surface area contributed by atoms with Crippen LogP contribution in [0.15, 0.2) is 29.6 Å². The van der Waals surface area contributed by atoms with E-state index in [1.165, 1.54) is 11.3 Å². The van der Waals surface area contributed by atoms with Crippen LogP contribution in [0.1, 0.15) is 12.6 Å². The number of thiazole rings is 1. The largest absolute Gasteiger partial charge is 0.513 e. The number of aromatic nitrogens is 1. The predicted octanol–water partition coefficient (Wildman–Crippen LogP) is 3.63. The van der Waals surface area contributed by atoms with Gasteiger partial charge in [-0.15, -0.1) is 11.3 Å². The lowest BCUT2D eigenvalue weighted by Gasteiger charge is -2.07. The Bertz CT molecular complexity index is 654. The smallest absolute Gasteiger partial charge is 0.434 e. The van der Waals surface area contributed by atoms with E-state index in [1.807, 2.05) is 12.3 Å². The molecule has 2 N–H and O–H groups in total. The summed E-state index contributed by atoms with van der Waals surface area (Å²) in [6.45, 7) is 3.79. The molecule has 22 heavy (non-hydrogen) atoms. The number of hydrogen-bond acceptors (Lipinski definition) is 6. The minimum Gasteiger partial charge on any atom is -0.434 e. The molecule has 7 nitrogen and oxygen atoms in total. The van der Waals surface area contributed by atoms with Crippen molar-refractivity contribution in [2.75, 3.05) is 17.2 Å². The standard InChI is InChI=1S/C14H15N3O4S/c1-3-20-14(19)21-11-6-4-10(5-7-11)16-12(18)17-13-15-9(2)8-22-13/h4-8H,3H2,1-2H3,(H2,15,16,17,18). The van der Waals surface area contributed by atoms with Crippen molar-refractivity contribution in [3.05, 3.63) is 35.3 Å². The average molecular weight is 321 g/mol. The summed E-state index contributed by atoms with van der Waals surface area (Å²) in [7, 11) is 0. The van der Waals surface area contributed by atoms with Crippen molar-refractivity contribution in [1.82, 2.24) is 4.98 Å². The fourth-order valence-corrected chi connectivity index (χ4v) is 2.20. The Morgan fingerprint density at radius 3 is 2.55 bits per heavy atom. The van der Waals surface area contributed by atoms with Crippen molar-refractivity contribution >= 4 is 34.3 Å². The lowest BCUT2D eigenvalue weighted by molar-refractivity contribution is 0.104. The van der Waals surface area contributed by atoms with Crippen molar-refractivity contribution in [2.45, 2.75) is 13.8 Å². The molecule has 8 heteroatoms. The summed E-state index contributed by atoms with van der Waals surface area (Å²) in [6.07, 6.45) is -0.764. The molecule has 0 aliphatic rings. The topological polar surface area (TPSA) is 89.5 Å². The molecule has 2 amide bonds. The van der Waals surface area contributed by atoms with Crippen LogP contribution in [-0.4, -0.2) is 23.8 Å². The van der Waals surface area contributed by atoms with Gasteiger partial charge in [-0.25, -0.2) is 14.6 Å². The van der Waals surface area contributed by atoms with Gasteiger partial charge < -0.3 is 14.8 Å². The number of rotatable bonds is 4. The number of benzene rings is 1. The van der Waals surface area contributed by atoms with Gasteiger partial charge in [0.1, 0.15) is 5.75 Å². The zero-order valence-electron chi connectivity index (χ0n) is 12.1. The van der Waals surface area contributed by atoms with Gasteiger partial charge in [-0.2, -0.15) is 0 Å². The van der Waals surface area contributed by atoms with Crippen molar-refractivity contribution in [3.63, 3.8) is 0 Å². The second-order valence-electron chi connectivity index (χ2n) is 4.18. The van der Waals surface area contributed by atoms with Crippen LogP contribution in [0.25, 0.3) is 0 Å². The number of carbonyl (C=O) groups excluding carboxylic acids is 2. The monoisotopic (exact) mass is 321 g/mol. The van der Waals surface area contributed by atoms with Crippen molar-refractivity contribution < 1.29 is 19.1 Å². The molecule has 0 spiro atoms. The maximum atomic E-state index is 11.8. The van der Waals surface area contributed by atoms with E-state index in [1.54, 1.807) is 31.2 Å². The first-order valence-electron chi connectivity index (χ1n) is 6.51. The molecule has 0 saturated carbocycles. The van der Waals surface area contributed by atoms with Gasteiger partial charge in [0.2, 0.25) is 0 Å². The Balaban J connectivity index is 1.87. The third kappa shape index (κ3) is 4.74. The summed E-state index contributed by atoms with van der Waals surface area (Å²) in [4.78, 5) is 27.1. The molecule has 0 radical (unpaired) electrons. The molecule has 1 aromatic heterocycles. The maximum absolute atomic E-state index is 11.8. The molecule has 0 fully saturated rings. The predicted molar refractivity (Wildman–Crippen MR) is 83.6 cm³/mol. The number of amides is 2. The first-order chi connectivity index (χ1) is 10.6. The van der Waals surface area contributed by atoms with Crippen LogP contribution in [0, 0.1) is 6.92 Å². The molecular weight excluding hydrogens is 306 g/mol. The number of urea groups is 1. The van der Waals surface area contributed by atoms with Gasteiger partial charge in [-0.1, -0.05) is 0 Å². The van der Waals surface area contributed by atoms with E-state index in [-0.39, 0.29) is 6.61 Å². The van der Waals surface area contributed by atoms with Crippen LogP contribution in [0.4, 0.5) is 20.4 Å². The molecule has 0 atom stereocenters. The summed E-state index contributed by atoms with van der Waals surface area (Å²) in [5, 5.41) is 7.65. The molecule has 1 aromatic carbocycles. The summed E-state index contributed by atoms with van der Waals surface area (Å²) in [6, 6.07) is 5.94. The Morgan fingerprint density at radius 2 is 1.95 bits per heavy atom. The fourth-order valence-electron chi connectivity index (χ4n) is 1.52. The number of nitrogens with zero attached hydrogens (tertiary/aromatic N) is 1. The van der Waals surface area contributed by atoms with E-state index < -0.39 is 12.2 Å². The quantitative estimate of drug-likeness (QED) is 0.663. The first kappa shape index (κ1) is 15.8. The Morgan fingerprint density at radius 1 is 1.23 bits per heavy atom. The highest BCUT2D eigenvalue weighted by Crippen LogP contribution is 2.18. The van der Waals surface area contributed by atoms with Crippen LogP contribution in [0.5, 0.6) is 5.75 Å². The number of anilines is 2. The van der Waals surface area contributed by atoms with Crippen LogP contribution in [0.3, 0.4) is 0 Å². The fraction of sp³-hybridized carbons (Fsp3) is 0.214.